The first-order valence-corrected chi connectivity index (χ1v) is 11.1. The maximum absolute atomic E-state index is 13.6. The zero-order valence-electron chi connectivity index (χ0n) is 18.4. The summed E-state index contributed by atoms with van der Waals surface area (Å²) in [5, 5.41) is 8.33. The Balaban J connectivity index is 1.30. The molecule has 0 radical (unpaired) electrons. The van der Waals surface area contributed by atoms with Gasteiger partial charge in [0.05, 0.1) is 0 Å². The maximum Gasteiger partial charge on any atom is 0.254 e. The summed E-state index contributed by atoms with van der Waals surface area (Å²) in [5.74, 6) is 0.624. The van der Waals surface area contributed by atoms with Crippen LogP contribution in [0, 0.1) is 12.7 Å². The van der Waals surface area contributed by atoms with Gasteiger partial charge in [0.1, 0.15) is 5.82 Å². The van der Waals surface area contributed by atoms with Crippen LogP contribution in [-0.4, -0.2) is 33.6 Å². The van der Waals surface area contributed by atoms with Gasteiger partial charge in [-0.2, -0.15) is 0 Å². The Morgan fingerprint density at radius 3 is 2.52 bits per heavy atom. The highest BCUT2D eigenvalue weighted by Crippen LogP contribution is 2.27. The average Bonchev–Trinajstić information content (AvgIpc) is 3.49. The highest BCUT2D eigenvalue weighted by molar-refractivity contribution is 5.95. The Morgan fingerprint density at radius 2 is 1.76 bits per heavy atom. The molecule has 5 rings (SSSR count). The van der Waals surface area contributed by atoms with E-state index in [1.54, 1.807) is 24.3 Å². The molecule has 0 spiro atoms. The molecule has 1 fully saturated rings. The second kappa shape index (κ2) is 8.98. The molecule has 4 aromatic rings. The molecule has 1 atom stereocenters. The lowest BCUT2D eigenvalue weighted by Gasteiger charge is -2.25. The van der Waals surface area contributed by atoms with Crippen LogP contribution in [0.2, 0.25) is 0 Å². The molecular weight excluding hydrogens is 417 g/mol. The summed E-state index contributed by atoms with van der Waals surface area (Å²) >= 11 is 0. The second-order valence-electron chi connectivity index (χ2n) is 8.49. The van der Waals surface area contributed by atoms with Crippen LogP contribution in [-0.2, 0) is 6.42 Å². The van der Waals surface area contributed by atoms with Crippen LogP contribution < -0.4 is 0 Å². The molecule has 1 aliphatic heterocycles. The van der Waals surface area contributed by atoms with Gasteiger partial charge in [0.25, 0.3) is 5.91 Å². The van der Waals surface area contributed by atoms with Gasteiger partial charge in [-0.3, -0.25) is 4.79 Å². The number of nitrogens with zero attached hydrogens (tertiary/aromatic N) is 3. The number of carbonyl (C=O) groups is 1. The van der Waals surface area contributed by atoms with Crippen LogP contribution in [0.25, 0.3) is 22.9 Å². The molecule has 1 aromatic heterocycles. The van der Waals surface area contributed by atoms with E-state index >= 15 is 0 Å². The van der Waals surface area contributed by atoms with Crippen molar-refractivity contribution in [3.05, 3.63) is 95.3 Å². The molecular formula is C27H24FN3O2. The smallest absolute Gasteiger partial charge is 0.254 e. The van der Waals surface area contributed by atoms with Crippen molar-refractivity contribution in [2.75, 3.05) is 6.54 Å². The van der Waals surface area contributed by atoms with Gasteiger partial charge in [-0.1, -0.05) is 29.8 Å². The van der Waals surface area contributed by atoms with E-state index in [0.717, 1.165) is 35.1 Å². The molecule has 0 saturated carbocycles. The predicted molar refractivity (Wildman–Crippen MR) is 124 cm³/mol. The zero-order valence-corrected chi connectivity index (χ0v) is 18.4. The lowest BCUT2D eigenvalue weighted by Crippen LogP contribution is -2.36. The van der Waals surface area contributed by atoms with E-state index in [-0.39, 0.29) is 17.8 Å². The van der Waals surface area contributed by atoms with E-state index in [4.69, 9.17) is 4.42 Å². The summed E-state index contributed by atoms with van der Waals surface area (Å²) in [6, 6.07) is 21.8. The summed E-state index contributed by atoms with van der Waals surface area (Å²) in [7, 11) is 0. The van der Waals surface area contributed by atoms with Crippen LogP contribution in [0.1, 0.15) is 34.3 Å². The zero-order chi connectivity index (χ0) is 22.8. The largest absolute Gasteiger partial charge is 0.416 e. The molecule has 33 heavy (non-hydrogen) atoms. The van der Waals surface area contributed by atoms with Crippen LogP contribution in [0.15, 0.2) is 77.2 Å². The van der Waals surface area contributed by atoms with Crippen molar-refractivity contribution < 1.29 is 13.6 Å². The first-order valence-electron chi connectivity index (χ1n) is 11.1. The molecule has 0 aliphatic carbocycles. The molecule has 166 valence electrons. The van der Waals surface area contributed by atoms with Gasteiger partial charge in [0, 0.05) is 29.3 Å². The standard InChI is InChI=1S/C27H24FN3O2/c1-18-5-2-7-22(15-18)26-30-29-25(33-26)20-10-12-21(13-11-20)27(32)31-14-4-9-24(31)17-19-6-3-8-23(28)16-19/h2-3,5-8,10-13,15-16,24H,4,9,14,17H2,1H3. The van der Waals surface area contributed by atoms with E-state index < -0.39 is 0 Å². The van der Waals surface area contributed by atoms with Crippen molar-refractivity contribution in [2.24, 2.45) is 0 Å². The number of carbonyl (C=O) groups excluding carboxylic acids is 1. The van der Waals surface area contributed by atoms with Crippen LogP contribution in [0.5, 0.6) is 0 Å². The molecule has 0 bridgehead atoms. The minimum Gasteiger partial charge on any atom is -0.416 e. The fraction of sp³-hybridized carbons (Fsp3) is 0.222. The van der Waals surface area contributed by atoms with Gasteiger partial charge in [-0.15, -0.1) is 10.2 Å². The number of benzene rings is 3. The van der Waals surface area contributed by atoms with Gasteiger partial charge in [-0.05, 0) is 80.3 Å². The first-order chi connectivity index (χ1) is 16.1. The number of aromatic nitrogens is 2. The van der Waals surface area contributed by atoms with E-state index in [9.17, 15) is 9.18 Å². The molecule has 1 amide bonds. The third-order valence-corrected chi connectivity index (χ3v) is 6.07. The number of halogens is 1. The van der Waals surface area contributed by atoms with Crippen LogP contribution in [0.4, 0.5) is 4.39 Å². The Morgan fingerprint density at radius 1 is 1.00 bits per heavy atom. The maximum atomic E-state index is 13.6. The number of aryl methyl sites for hydroxylation is 1. The average molecular weight is 442 g/mol. The normalized spacial score (nSPS) is 15.7. The van der Waals surface area contributed by atoms with Gasteiger partial charge in [0.15, 0.2) is 0 Å². The minimum absolute atomic E-state index is 0.00793. The first kappa shape index (κ1) is 21.1. The second-order valence-corrected chi connectivity index (χ2v) is 8.49. The highest BCUT2D eigenvalue weighted by Gasteiger charge is 2.29. The van der Waals surface area contributed by atoms with Gasteiger partial charge in [0.2, 0.25) is 11.8 Å². The Labute approximate surface area is 191 Å². The molecule has 5 nitrogen and oxygen atoms in total. The Bertz CT molecular complexity index is 1280. The number of likely N-dealkylation sites (tertiary alicyclic amines) is 1. The topological polar surface area (TPSA) is 59.2 Å². The number of amides is 1. The minimum atomic E-state index is -0.245. The monoisotopic (exact) mass is 441 g/mol. The van der Waals surface area contributed by atoms with Crippen molar-refractivity contribution in [2.45, 2.75) is 32.2 Å². The molecule has 2 heterocycles. The third kappa shape index (κ3) is 4.55. The number of rotatable bonds is 5. The number of hydrogen-bond acceptors (Lipinski definition) is 4. The Hall–Kier alpha value is -3.80. The van der Waals surface area contributed by atoms with E-state index in [1.807, 2.05) is 54.3 Å². The van der Waals surface area contributed by atoms with Crippen molar-refractivity contribution in [3.63, 3.8) is 0 Å². The quantitative estimate of drug-likeness (QED) is 0.399. The van der Waals surface area contributed by atoms with Gasteiger partial charge >= 0.3 is 0 Å². The summed E-state index contributed by atoms with van der Waals surface area (Å²) in [6.07, 6.45) is 2.53. The van der Waals surface area contributed by atoms with Crippen LogP contribution in [0.3, 0.4) is 0 Å². The SMILES string of the molecule is Cc1cccc(-c2nnc(-c3ccc(C(=O)N4CCCC4Cc4cccc(F)c4)cc3)o2)c1. The lowest BCUT2D eigenvalue weighted by atomic mass is 10.0. The van der Waals surface area contributed by atoms with Crippen molar-refractivity contribution in [1.82, 2.24) is 15.1 Å². The van der Waals surface area contributed by atoms with E-state index in [0.29, 0.717) is 30.3 Å². The molecule has 0 N–H and O–H groups in total. The molecule has 3 aromatic carbocycles. The fourth-order valence-corrected chi connectivity index (χ4v) is 4.41. The number of hydrogen-bond donors (Lipinski definition) is 0. The summed E-state index contributed by atoms with van der Waals surface area (Å²) in [5.41, 5.74) is 4.28. The summed E-state index contributed by atoms with van der Waals surface area (Å²) in [6.45, 7) is 2.73. The molecule has 6 heteroatoms. The van der Waals surface area contributed by atoms with E-state index in [2.05, 4.69) is 10.2 Å². The Kier molecular flexibility index (Phi) is 5.73. The van der Waals surface area contributed by atoms with Crippen LogP contribution >= 0.6 is 0 Å². The summed E-state index contributed by atoms with van der Waals surface area (Å²) in [4.78, 5) is 15.1. The van der Waals surface area contributed by atoms with Gasteiger partial charge in [-0.25, -0.2) is 4.39 Å². The highest BCUT2D eigenvalue weighted by atomic mass is 19.1. The van der Waals surface area contributed by atoms with E-state index in [1.165, 1.54) is 6.07 Å². The molecule has 1 unspecified atom stereocenters. The predicted octanol–water partition coefficient (Wildman–Crippen LogP) is 5.70. The fourth-order valence-electron chi connectivity index (χ4n) is 4.41. The molecule has 1 saturated heterocycles. The van der Waals surface area contributed by atoms with Crippen molar-refractivity contribution >= 4 is 5.91 Å². The van der Waals surface area contributed by atoms with Crippen molar-refractivity contribution in [3.8, 4) is 22.9 Å². The third-order valence-electron chi connectivity index (χ3n) is 6.07. The summed E-state index contributed by atoms with van der Waals surface area (Å²) < 4.78 is 19.4. The van der Waals surface area contributed by atoms with Crippen molar-refractivity contribution in [1.29, 1.82) is 0 Å². The lowest BCUT2D eigenvalue weighted by molar-refractivity contribution is 0.0736. The molecule has 1 aliphatic rings. The van der Waals surface area contributed by atoms with Gasteiger partial charge < -0.3 is 9.32 Å².